The molecule has 8 heteroatoms. The predicted octanol–water partition coefficient (Wildman–Crippen LogP) is 6.48. The Labute approximate surface area is 200 Å². The molecule has 0 saturated carbocycles. The smallest absolute Gasteiger partial charge is 0.307 e. The predicted molar refractivity (Wildman–Crippen MR) is 130 cm³/mol. The zero-order valence-electron chi connectivity index (χ0n) is 17.7. The highest BCUT2D eigenvalue weighted by Gasteiger charge is 2.14. The molecule has 1 N–H and O–H groups in total. The first kappa shape index (κ1) is 22.7. The summed E-state index contributed by atoms with van der Waals surface area (Å²) in [5.41, 5.74) is 4.66. The van der Waals surface area contributed by atoms with Crippen LogP contribution in [0.2, 0.25) is 10.0 Å². The summed E-state index contributed by atoms with van der Waals surface area (Å²) < 4.78 is 17.1. The molecule has 6 nitrogen and oxygen atoms in total. The molecule has 0 aliphatic heterocycles. The van der Waals surface area contributed by atoms with Gasteiger partial charge in [0.25, 0.3) is 0 Å². The maximum absolute atomic E-state index is 12.3. The molecule has 0 saturated heterocycles. The van der Waals surface area contributed by atoms with E-state index in [1.807, 2.05) is 37.3 Å². The molecule has 0 unspecified atom stereocenters. The van der Waals surface area contributed by atoms with Crippen LogP contribution in [0.25, 0.3) is 11.0 Å². The number of ether oxygens (including phenoxy) is 2. The Hall–Kier alpha value is -3.48. The minimum absolute atomic E-state index is 0.173. The number of carbonyl (C=O) groups is 1. The van der Waals surface area contributed by atoms with Crippen LogP contribution >= 0.6 is 23.2 Å². The molecule has 0 aliphatic rings. The highest BCUT2D eigenvalue weighted by Crippen LogP contribution is 2.37. The number of nitrogens with one attached hydrogen (secondary N) is 1. The van der Waals surface area contributed by atoms with Crippen molar-refractivity contribution in [3.63, 3.8) is 0 Å². The summed E-state index contributed by atoms with van der Waals surface area (Å²) in [6.45, 7) is 2.60. The van der Waals surface area contributed by atoms with Crippen molar-refractivity contribution >= 4 is 46.3 Å². The molecular formula is C25H20Cl2N2O4. The molecule has 1 heterocycles. The quantitative estimate of drug-likeness (QED) is 0.230. The summed E-state index contributed by atoms with van der Waals surface area (Å²) in [7, 11) is 0. The maximum Gasteiger partial charge on any atom is 0.307 e. The lowest BCUT2D eigenvalue weighted by Gasteiger charge is -2.14. The average molecular weight is 483 g/mol. The average Bonchev–Trinajstić information content (AvgIpc) is 3.24. The molecule has 4 aromatic rings. The SMILES string of the molecule is CCOc1cc(/C=N/NC(=O)c2cc3ccccc3o2)cc(Cl)c1OCc1ccc(Cl)cc1. The Morgan fingerprint density at radius 1 is 1.06 bits per heavy atom. The first-order chi connectivity index (χ1) is 16.0. The minimum atomic E-state index is -0.457. The van der Waals surface area contributed by atoms with Crippen LogP contribution in [0.5, 0.6) is 11.5 Å². The zero-order valence-corrected chi connectivity index (χ0v) is 19.2. The van der Waals surface area contributed by atoms with Crippen molar-refractivity contribution in [3.8, 4) is 11.5 Å². The van der Waals surface area contributed by atoms with E-state index < -0.39 is 5.91 Å². The molecule has 0 radical (unpaired) electrons. The van der Waals surface area contributed by atoms with Crippen molar-refractivity contribution in [2.75, 3.05) is 6.61 Å². The Morgan fingerprint density at radius 2 is 1.85 bits per heavy atom. The topological polar surface area (TPSA) is 73.1 Å². The van der Waals surface area contributed by atoms with Gasteiger partial charge in [0.1, 0.15) is 12.2 Å². The molecule has 0 aliphatic carbocycles. The van der Waals surface area contributed by atoms with Gasteiger partial charge in [-0.25, -0.2) is 5.43 Å². The van der Waals surface area contributed by atoms with E-state index in [9.17, 15) is 4.79 Å². The van der Waals surface area contributed by atoms with Crippen LogP contribution in [0, 0.1) is 0 Å². The van der Waals surface area contributed by atoms with Crippen molar-refractivity contribution in [1.82, 2.24) is 5.43 Å². The molecule has 3 aromatic carbocycles. The Bertz CT molecular complexity index is 1270. The number of amides is 1. The fourth-order valence-electron chi connectivity index (χ4n) is 3.12. The molecule has 0 atom stereocenters. The van der Waals surface area contributed by atoms with Gasteiger partial charge in [-0.05, 0) is 54.4 Å². The summed E-state index contributed by atoms with van der Waals surface area (Å²) in [5.74, 6) is 0.620. The van der Waals surface area contributed by atoms with Crippen molar-refractivity contribution < 1.29 is 18.7 Å². The van der Waals surface area contributed by atoms with Gasteiger partial charge >= 0.3 is 5.91 Å². The summed E-state index contributed by atoms with van der Waals surface area (Å²) in [5, 5.41) is 5.87. The van der Waals surface area contributed by atoms with Crippen LogP contribution in [-0.2, 0) is 6.61 Å². The lowest BCUT2D eigenvalue weighted by molar-refractivity contribution is 0.0929. The van der Waals surface area contributed by atoms with Gasteiger partial charge in [0.05, 0.1) is 17.8 Å². The van der Waals surface area contributed by atoms with Gasteiger partial charge in [-0.2, -0.15) is 5.10 Å². The van der Waals surface area contributed by atoms with Gasteiger partial charge < -0.3 is 13.9 Å². The van der Waals surface area contributed by atoms with E-state index in [2.05, 4.69) is 10.5 Å². The van der Waals surface area contributed by atoms with E-state index in [1.54, 1.807) is 36.4 Å². The number of fused-ring (bicyclic) bond motifs is 1. The minimum Gasteiger partial charge on any atom is -0.490 e. The van der Waals surface area contributed by atoms with Crippen LogP contribution in [0.4, 0.5) is 0 Å². The molecule has 168 valence electrons. The monoisotopic (exact) mass is 482 g/mol. The number of hydrazone groups is 1. The molecule has 0 spiro atoms. The van der Waals surface area contributed by atoms with E-state index in [-0.39, 0.29) is 5.76 Å². The second-order valence-electron chi connectivity index (χ2n) is 7.03. The van der Waals surface area contributed by atoms with E-state index >= 15 is 0 Å². The summed E-state index contributed by atoms with van der Waals surface area (Å²) >= 11 is 12.4. The number of benzene rings is 3. The summed E-state index contributed by atoms with van der Waals surface area (Å²) in [6, 6.07) is 19.8. The van der Waals surface area contributed by atoms with Crippen LogP contribution in [0.3, 0.4) is 0 Å². The second kappa shape index (κ2) is 10.4. The Morgan fingerprint density at radius 3 is 2.61 bits per heavy atom. The third-order valence-corrected chi connectivity index (χ3v) is 5.19. The van der Waals surface area contributed by atoms with Gasteiger partial charge in [-0.1, -0.05) is 53.5 Å². The molecule has 0 fully saturated rings. The number of carbonyl (C=O) groups excluding carboxylic acids is 1. The van der Waals surface area contributed by atoms with Crippen LogP contribution in [-0.4, -0.2) is 18.7 Å². The van der Waals surface area contributed by atoms with Gasteiger partial charge in [-0.3, -0.25) is 4.79 Å². The van der Waals surface area contributed by atoms with Gasteiger partial charge in [0.2, 0.25) is 0 Å². The first-order valence-electron chi connectivity index (χ1n) is 10.2. The van der Waals surface area contributed by atoms with Crippen molar-refractivity contribution in [2.45, 2.75) is 13.5 Å². The molecule has 0 bridgehead atoms. The van der Waals surface area contributed by atoms with Gasteiger partial charge in [-0.15, -0.1) is 0 Å². The standard InChI is InChI=1S/C25H20Cl2N2O4/c1-2-31-22-12-17(11-20(27)24(22)32-15-16-7-9-19(26)10-8-16)14-28-29-25(30)23-13-18-5-3-4-6-21(18)33-23/h3-14H,2,15H2,1H3,(H,29,30)/b28-14+. The number of nitrogens with zero attached hydrogens (tertiary/aromatic N) is 1. The van der Waals surface area contributed by atoms with Crippen LogP contribution < -0.4 is 14.9 Å². The lowest BCUT2D eigenvalue weighted by atomic mass is 10.2. The van der Waals surface area contributed by atoms with Crippen LogP contribution in [0.15, 0.2) is 76.2 Å². The lowest BCUT2D eigenvalue weighted by Crippen LogP contribution is -2.16. The fraction of sp³-hybridized carbons (Fsp3) is 0.120. The molecule has 1 aromatic heterocycles. The van der Waals surface area contributed by atoms with E-state index in [0.29, 0.717) is 45.9 Å². The number of halogens is 2. The van der Waals surface area contributed by atoms with E-state index in [1.165, 1.54) is 6.21 Å². The third-order valence-electron chi connectivity index (χ3n) is 4.66. The van der Waals surface area contributed by atoms with Crippen molar-refractivity contribution in [2.24, 2.45) is 5.10 Å². The molecular weight excluding hydrogens is 463 g/mol. The zero-order chi connectivity index (χ0) is 23.2. The second-order valence-corrected chi connectivity index (χ2v) is 7.87. The summed E-state index contributed by atoms with van der Waals surface area (Å²) in [6.07, 6.45) is 1.47. The largest absolute Gasteiger partial charge is 0.490 e. The number of para-hydroxylation sites is 1. The maximum atomic E-state index is 12.3. The Kier molecular flexibility index (Phi) is 7.17. The van der Waals surface area contributed by atoms with E-state index in [0.717, 1.165) is 10.9 Å². The molecule has 4 rings (SSSR count). The van der Waals surface area contributed by atoms with Crippen LogP contribution in [0.1, 0.15) is 28.6 Å². The van der Waals surface area contributed by atoms with Crippen molar-refractivity contribution in [1.29, 1.82) is 0 Å². The number of furan rings is 1. The highest BCUT2D eigenvalue weighted by atomic mass is 35.5. The molecule has 1 amide bonds. The Balaban J connectivity index is 1.46. The van der Waals surface area contributed by atoms with E-state index in [4.69, 9.17) is 37.1 Å². The van der Waals surface area contributed by atoms with Crippen molar-refractivity contribution in [3.05, 3.63) is 93.7 Å². The van der Waals surface area contributed by atoms with Gasteiger partial charge in [0.15, 0.2) is 17.3 Å². The highest BCUT2D eigenvalue weighted by molar-refractivity contribution is 6.32. The fourth-order valence-corrected chi connectivity index (χ4v) is 3.52. The first-order valence-corrected chi connectivity index (χ1v) is 10.9. The third kappa shape index (κ3) is 5.66. The normalized spacial score (nSPS) is 11.1. The van der Waals surface area contributed by atoms with Gasteiger partial charge in [0, 0.05) is 10.4 Å². The number of hydrogen-bond donors (Lipinski definition) is 1. The number of hydrogen-bond acceptors (Lipinski definition) is 5. The summed E-state index contributed by atoms with van der Waals surface area (Å²) in [4.78, 5) is 12.3. The molecule has 33 heavy (non-hydrogen) atoms. The number of rotatable bonds is 8.